The molecule has 0 atom stereocenters. The number of aryl methyl sites for hydroxylation is 1. The number of rotatable bonds is 6. The monoisotopic (exact) mass is 419 g/mol. The molecule has 2 aromatic carbocycles. The van der Waals surface area contributed by atoms with Crippen LogP contribution in [-0.4, -0.2) is 25.8 Å². The van der Waals surface area contributed by atoms with Crippen LogP contribution in [0.25, 0.3) is 16.7 Å². The number of fused-ring (bicyclic) bond motifs is 3. The molecule has 10 heteroatoms. The fraction of sp³-hybridized carbons (Fsp3) is 0.211. The first-order valence-corrected chi connectivity index (χ1v) is 9.21. The third-order valence-electron chi connectivity index (χ3n) is 4.49. The van der Waals surface area contributed by atoms with Gasteiger partial charge >= 0.3 is 6.61 Å². The minimum Gasteiger partial charge on any atom is -0.433 e. The normalized spacial score (nSPS) is 11.5. The number of anilines is 1. The van der Waals surface area contributed by atoms with E-state index in [1.54, 1.807) is 16.7 Å². The number of benzene rings is 2. The predicted octanol–water partition coefficient (Wildman–Crippen LogP) is 3.93. The van der Waals surface area contributed by atoms with Crippen molar-refractivity contribution in [3.05, 3.63) is 63.7 Å². The molecule has 1 N–H and O–H groups in total. The average Bonchev–Trinajstić information content (AvgIpc) is 3.12. The van der Waals surface area contributed by atoms with Crippen LogP contribution in [0.1, 0.15) is 12.7 Å². The molecular formula is C19H16ClF2N5O2. The molecule has 4 aromatic rings. The smallest absolute Gasteiger partial charge is 0.387 e. The topological polar surface area (TPSA) is 73.5 Å². The van der Waals surface area contributed by atoms with E-state index in [1.807, 2.05) is 29.5 Å². The van der Waals surface area contributed by atoms with Crippen LogP contribution < -0.4 is 15.6 Å². The van der Waals surface area contributed by atoms with Crippen LogP contribution in [0.3, 0.4) is 0 Å². The molecule has 0 fully saturated rings. The highest BCUT2D eigenvalue weighted by Gasteiger charge is 2.15. The van der Waals surface area contributed by atoms with Crippen LogP contribution in [0.5, 0.6) is 5.75 Å². The van der Waals surface area contributed by atoms with Crippen molar-refractivity contribution in [1.29, 1.82) is 0 Å². The lowest BCUT2D eigenvalue weighted by Crippen LogP contribution is -2.22. The number of hydrogen-bond acceptors (Lipinski definition) is 5. The molecule has 0 saturated heterocycles. The lowest BCUT2D eigenvalue weighted by Gasteiger charge is -2.11. The van der Waals surface area contributed by atoms with Gasteiger partial charge in [-0.3, -0.25) is 13.8 Å². The first-order chi connectivity index (χ1) is 14.0. The maximum absolute atomic E-state index is 12.7. The number of hydrogen-bond donors (Lipinski definition) is 1. The summed E-state index contributed by atoms with van der Waals surface area (Å²) in [5, 5.41) is 12.2. The van der Waals surface area contributed by atoms with Gasteiger partial charge in [0.2, 0.25) is 5.78 Å². The maximum atomic E-state index is 12.7. The van der Waals surface area contributed by atoms with Crippen molar-refractivity contribution in [2.24, 2.45) is 0 Å². The van der Waals surface area contributed by atoms with Crippen LogP contribution in [0.4, 0.5) is 14.5 Å². The van der Waals surface area contributed by atoms with Crippen molar-refractivity contribution in [3.8, 4) is 5.75 Å². The summed E-state index contributed by atoms with van der Waals surface area (Å²) >= 11 is 5.99. The predicted molar refractivity (Wildman–Crippen MR) is 106 cm³/mol. The summed E-state index contributed by atoms with van der Waals surface area (Å²) in [6.45, 7) is -0.343. The van der Waals surface area contributed by atoms with Gasteiger partial charge in [-0.15, -0.1) is 10.2 Å². The molecule has 0 bridgehead atoms. The SMILES string of the molecule is CCn1c(=O)c2ccccc2n2c(CNc3ccc(OC(F)F)c(Cl)c3)nnc12. The highest BCUT2D eigenvalue weighted by atomic mass is 35.5. The zero-order valence-electron chi connectivity index (χ0n) is 15.3. The molecule has 2 heterocycles. The van der Waals surface area contributed by atoms with Crippen molar-refractivity contribution in [2.45, 2.75) is 26.6 Å². The quantitative estimate of drug-likeness (QED) is 0.512. The molecule has 29 heavy (non-hydrogen) atoms. The van der Waals surface area contributed by atoms with Gasteiger partial charge in [0.1, 0.15) is 5.75 Å². The molecule has 0 aliphatic carbocycles. The molecule has 0 aliphatic rings. The Morgan fingerprint density at radius 2 is 2.00 bits per heavy atom. The Labute approximate surface area is 168 Å². The molecule has 0 spiro atoms. The molecular weight excluding hydrogens is 404 g/mol. The summed E-state index contributed by atoms with van der Waals surface area (Å²) < 4.78 is 32.5. The standard InChI is InChI=1S/C19H16ClF2N5O2/c1-2-26-17(28)12-5-3-4-6-14(12)27-16(24-25-19(26)27)10-23-11-7-8-15(13(20)9-11)29-18(21)22/h3-9,18,23H,2,10H2,1H3. The van der Waals surface area contributed by atoms with Crippen LogP contribution in [0, 0.1) is 0 Å². The lowest BCUT2D eigenvalue weighted by molar-refractivity contribution is -0.0497. The number of alkyl halides is 2. The Balaban J connectivity index is 1.70. The first-order valence-electron chi connectivity index (χ1n) is 8.83. The van der Waals surface area contributed by atoms with Crippen molar-refractivity contribution in [1.82, 2.24) is 19.2 Å². The highest BCUT2D eigenvalue weighted by molar-refractivity contribution is 6.32. The fourth-order valence-corrected chi connectivity index (χ4v) is 3.42. The summed E-state index contributed by atoms with van der Waals surface area (Å²) in [4.78, 5) is 12.7. The molecule has 0 aliphatic heterocycles. The Morgan fingerprint density at radius 1 is 1.21 bits per heavy atom. The Hall–Kier alpha value is -3.20. The van der Waals surface area contributed by atoms with Gasteiger partial charge in [0, 0.05) is 12.2 Å². The van der Waals surface area contributed by atoms with Gasteiger partial charge in [-0.1, -0.05) is 23.7 Å². The number of halogens is 3. The summed E-state index contributed by atoms with van der Waals surface area (Å²) in [6, 6.07) is 11.7. The van der Waals surface area contributed by atoms with Gasteiger partial charge in [-0.2, -0.15) is 8.78 Å². The Bertz CT molecular complexity index is 1250. The summed E-state index contributed by atoms with van der Waals surface area (Å²) in [5.74, 6) is 0.937. The Morgan fingerprint density at radius 3 is 2.72 bits per heavy atom. The van der Waals surface area contributed by atoms with Crippen molar-refractivity contribution in [2.75, 3.05) is 5.32 Å². The second-order valence-electron chi connectivity index (χ2n) is 6.20. The van der Waals surface area contributed by atoms with Gasteiger partial charge < -0.3 is 10.1 Å². The largest absolute Gasteiger partial charge is 0.433 e. The van der Waals surface area contributed by atoms with Gasteiger partial charge in [0.15, 0.2) is 5.82 Å². The number of aromatic nitrogens is 4. The van der Waals surface area contributed by atoms with E-state index in [0.29, 0.717) is 34.7 Å². The van der Waals surface area contributed by atoms with Gasteiger partial charge in [0.05, 0.1) is 22.5 Å². The Kier molecular flexibility index (Phi) is 5.06. The van der Waals surface area contributed by atoms with E-state index in [0.717, 1.165) is 0 Å². The minimum atomic E-state index is -2.95. The molecule has 4 rings (SSSR count). The van der Waals surface area contributed by atoms with Crippen LogP contribution >= 0.6 is 11.6 Å². The second kappa shape index (κ2) is 7.67. The molecule has 0 amide bonds. The van der Waals surface area contributed by atoms with E-state index >= 15 is 0 Å². The number of nitrogens with one attached hydrogen (secondary N) is 1. The van der Waals surface area contributed by atoms with E-state index in [9.17, 15) is 13.6 Å². The molecule has 0 unspecified atom stereocenters. The van der Waals surface area contributed by atoms with Crippen LogP contribution in [-0.2, 0) is 13.1 Å². The van der Waals surface area contributed by atoms with Gasteiger partial charge in [-0.25, -0.2) is 0 Å². The van der Waals surface area contributed by atoms with Crippen LogP contribution in [0.2, 0.25) is 5.02 Å². The molecule has 0 radical (unpaired) electrons. The van der Waals surface area contributed by atoms with Gasteiger partial charge in [0.25, 0.3) is 5.56 Å². The third kappa shape index (κ3) is 3.49. The zero-order chi connectivity index (χ0) is 20.5. The maximum Gasteiger partial charge on any atom is 0.387 e. The highest BCUT2D eigenvalue weighted by Crippen LogP contribution is 2.29. The number of nitrogens with zero attached hydrogens (tertiary/aromatic N) is 4. The van der Waals surface area contributed by atoms with Crippen molar-refractivity contribution in [3.63, 3.8) is 0 Å². The molecule has 150 valence electrons. The first kappa shape index (κ1) is 19.1. The van der Waals surface area contributed by atoms with Crippen molar-refractivity contribution >= 4 is 34.0 Å². The van der Waals surface area contributed by atoms with E-state index in [4.69, 9.17) is 11.6 Å². The third-order valence-corrected chi connectivity index (χ3v) is 4.79. The molecule has 7 nitrogen and oxygen atoms in total. The minimum absolute atomic E-state index is 0.0617. The van der Waals surface area contributed by atoms with E-state index < -0.39 is 6.61 Å². The van der Waals surface area contributed by atoms with Gasteiger partial charge in [-0.05, 0) is 37.3 Å². The molecule has 0 saturated carbocycles. The zero-order valence-corrected chi connectivity index (χ0v) is 16.0. The van der Waals surface area contributed by atoms with Crippen molar-refractivity contribution < 1.29 is 13.5 Å². The van der Waals surface area contributed by atoms with E-state index in [2.05, 4.69) is 20.3 Å². The molecule has 2 aromatic heterocycles. The fourth-order valence-electron chi connectivity index (χ4n) is 3.20. The van der Waals surface area contributed by atoms with Crippen LogP contribution in [0.15, 0.2) is 47.3 Å². The van der Waals surface area contributed by atoms with E-state index in [1.165, 1.54) is 12.1 Å². The number of para-hydroxylation sites is 1. The lowest BCUT2D eigenvalue weighted by atomic mass is 10.2. The summed E-state index contributed by atoms with van der Waals surface area (Å²) in [6.07, 6.45) is 0. The summed E-state index contributed by atoms with van der Waals surface area (Å²) in [7, 11) is 0. The average molecular weight is 420 g/mol. The second-order valence-corrected chi connectivity index (χ2v) is 6.60. The van der Waals surface area contributed by atoms with E-state index in [-0.39, 0.29) is 22.9 Å². The number of ether oxygens (including phenoxy) is 1. The summed E-state index contributed by atoms with van der Waals surface area (Å²) in [5.41, 5.74) is 1.18.